The van der Waals surface area contributed by atoms with Crippen molar-refractivity contribution >= 4 is 70.5 Å². The van der Waals surface area contributed by atoms with E-state index in [2.05, 4.69) is 18.6 Å². The first-order valence-corrected chi connectivity index (χ1v) is 10.6. The van der Waals surface area contributed by atoms with Crippen molar-refractivity contribution in [3.63, 3.8) is 0 Å². The molecule has 0 aromatic carbocycles. The predicted molar refractivity (Wildman–Crippen MR) is 101 cm³/mol. The molecule has 0 atom stereocenters. The van der Waals surface area contributed by atoms with E-state index in [-0.39, 0.29) is 5.57 Å². The van der Waals surface area contributed by atoms with Gasteiger partial charge in [-0.25, -0.2) is 0 Å². The third kappa shape index (κ3) is 4.38. The maximum absolute atomic E-state index is 8.77. The second-order valence-corrected chi connectivity index (χ2v) is 9.33. The van der Waals surface area contributed by atoms with Crippen molar-refractivity contribution in [2.24, 2.45) is 0 Å². The Hall–Kier alpha value is -0.700. The molecule has 2 rings (SSSR count). The van der Waals surface area contributed by atoms with E-state index in [0.717, 1.165) is 9.75 Å². The Morgan fingerprint density at radius 1 is 1.05 bits per heavy atom. The summed E-state index contributed by atoms with van der Waals surface area (Å²) in [6.45, 7) is 0. The number of thiophene rings is 1. The summed E-state index contributed by atoms with van der Waals surface area (Å²) < 4.78 is 3.97. The number of rotatable bonds is 4. The van der Waals surface area contributed by atoms with Gasteiger partial charge in [-0.1, -0.05) is 23.5 Å². The van der Waals surface area contributed by atoms with Gasteiger partial charge in [0.25, 0.3) is 0 Å². The maximum Gasteiger partial charge on any atom is 0.131 e. The van der Waals surface area contributed by atoms with Gasteiger partial charge in [0.15, 0.2) is 0 Å². The lowest BCUT2D eigenvalue weighted by atomic mass is 10.3. The highest BCUT2D eigenvalue weighted by Gasteiger charge is 2.19. The second-order valence-electron chi connectivity index (χ2n) is 3.67. The summed E-state index contributed by atoms with van der Waals surface area (Å²) in [6, 6.07) is 7.72. The van der Waals surface area contributed by atoms with Crippen LogP contribution in [0.25, 0.3) is 12.2 Å². The Morgan fingerprint density at radius 2 is 1.62 bits per heavy atom. The summed E-state index contributed by atoms with van der Waals surface area (Å²) in [7, 11) is 0. The fourth-order valence-corrected chi connectivity index (χ4v) is 7.44. The SMILES string of the molecule is CSC1=C(SC)SC(=Cc2ccc(C=C(C#N)C#N)s2)S1. The molecule has 1 aliphatic rings. The van der Waals surface area contributed by atoms with E-state index in [9.17, 15) is 0 Å². The van der Waals surface area contributed by atoms with Crippen molar-refractivity contribution in [3.8, 4) is 12.1 Å². The van der Waals surface area contributed by atoms with Gasteiger partial charge >= 0.3 is 0 Å². The Kier molecular flexibility index (Phi) is 6.40. The van der Waals surface area contributed by atoms with E-state index in [0.29, 0.717) is 0 Å². The summed E-state index contributed by atoms with van der Waals surface area (Å²) in [5.41, 5.74) is 0.136. The lowest BCUT2D eigenvalue weighted by Crippen LogP contribution is -1.68. The molecule has 0 saturated carbocycles. The molecular formula is C14H10N2S5. The molecule has 0 bridgehead atoms. The first kappa shape index (κ1) is 16.7. The van der Waals surface area contributed by atoms with E-state index in [1.54, 1.807) is 64.5 Å². The summed E-state index contributed by atoms with van der Waals surface area (Å²) >= 11 is 8.75. The highest BCUT2D eigenvalue weighted by Crippen LogP contribution is 2.56. The van der Waals surface area contributed by atoms with Crippen molar-refractivity contribution in [2.75, 3.05) is 12.5 Å². The Balaban J connectivity index is 2.15. The Labute approximate surface area is 145 Å². The minimum Gasteiger partial charge on any atom is -0.192 e. The first-order chi connectivity index (χ1) is 10.2. The van der Waals surface area contributed by atoms with Gasteiger partial charge in [0.2, 0.25) is 0 Å². The second kappa shape index (κ2) is 8.07. The summed E-state index contributed by atoms with van der Waals surface area (Å²) in [5, 5.41) is 17.5. The summed E-state index contributed by atoms with van der Waals surface area (Å²) in [6.07, 6.45) is 7.98. The van der Waals surface area contributed by atoms with Crippen LogP contribution in [0.15, 0.2) is 30.4 Å². The van der Waals surface area contributed by atoms with Crippen molar-refractivity contribution in [3.05, 3.63) is 40.2 Å². The van der Waals surface area contributed by atoms with E-state index in [1.165, 1.54) is 12.7 Å². The quantitative estimate of drug-likeness (QED) is 0.627. The Bertz CT molecular complexity index is 678. The van der Waals surface area contributed by atoms with Crippen LogP contribution in [0.4, 0.5) is 0 Å². The van der Waals surface area contributed by atoms with Crippen molar-refractivity contribution in [1.82, 2.24) is 0 Å². The molecule has 1 aromatic heterocycles. The molecule has 0 N–H and O–H groups in total. The number of nitriles is 2. The molecule has 1 aromatic rings. The minimum atomic E-state index is 0.136. The van der Waals surface area contributed by atoms with Gasteiger partial charge < -0.3 is 0 Å². The largest absolute Gasteiger partial charge is 0.192 e. The molecule has 0 spiro atoms. The van der Waals surface area contributed by atoms with Gasteiger partial charge in [-0.3, -0.25) is 0 Å². The van der Waals surface area contributed by atoms with Crippen LogP contribution in [0, 0.1) is 22.7 Å². The normalized spacial score (nSPS) is 13.8. The molecule has 106 valence electrons. The van der Waals surface area contributed by atoms with Crippen LogP contribution in [0.3, 0.4) is 0 Å². The van der Waals surface area contributed by atoms with Gasteiger partial charge in [0.05, 0.1) is 12.7 Å². The van der Waals surface area contributed by atoms with E-state index >= 15 is 0 Å². The minimum absolute atomic E-state index is 0.136. The first-order valence-electron chi connectivity index (χ1n) is 5.71. The van der Waals surface area contributed by atoms with Crippen molar-refractivity contribution in [2.45, 2.75) is 0 Å². The fraction of sp³-hybridized carbons (Fsp3) is 0.143. The number of hydrogen-bond donors (Lipinski definition) is 0. The van der Waals surface area contributed by atoms with Crippen LogP contribution < -0.4 is 0 Å². The van der Waals surface area contributed by atoms with Crippen LogP contribution in [0.2, 0.25) is 0 Å². The molecule has 0 radical (unpaired) electrons. The highest BCUT2D eigenvalue weighted by molar-refractivity contribution is 8.40. The monoisotopic (exact) mass is 366 g/mol. The average molecular weight is 367 g/mol. The molecule has 0 saturated heterocycles. The van der Waals surface area contributed by atoms with Gasteiger partial charge in [-0.2, -0.15) is 10.5 Å². The van der Waals surface area contributed by atoms with Gasteiger partial charge in [-0.05, 0) is 36.8 Å². The molecule has 1 aliphatic heterocycles. The predicted octanol–water partition coefficient (Wildman–Crippen LogP) is 5.81. The molecule has 21 heavy (non-hydrogen) atoms. The zero-order chi connectivity index (χ0) is 15.2. The lowest BCUT2D eigenvalue weighted by Gasteiger charge is -1.94. The van der Waals surface area contributed by atoms with E-state index in [1.807, 2.05) is 24.3 Å². The van der Waals surface area contributed by atoms with Crippen LogP contribution in [-0.4, -0.2) is 12.5 Å². The number of thioether (sulfide) groups is 4. The zero-order valence-corrected chi connectivity index (χ0v) is 15.3. The smallest absolute Gasteiger partial charge is 0.131 e. The van der Waals surface area contributed by atoms with Crippen molar-refractivity contribution in [1.29, 1.82) is 10.5 Å². The maximum atomic E-state index is 8.77. The zero-order valence-electron chi connectivity index (χ0n) is 11.2. The Morgan fingerprint density at radius 3 is 2.14 bits per heavy atom. The topological polar surface area (TPSA) is 47.6 Å². The molecule has 2 heterocycles. The number of allylic oxidation sites excluding steroid dienone is 1. The van der Waals surface area contributed by atoms with Gasteiger partial charge in [0, 0.05) is 9.75 Å². The highest BCUT2D eigenvalue weighted by atomic mass is 32.3. The van der Waals surface area contributed by atoms with Crippen LogP contribution in [0.5, 0.6) is 0 Å². The third-order valence-corrected chi connectivity index (χ3v) is 8.42. The molecule has 0 aliphatic carbocycles. The third-order valence-electron chi connectivity index (χ3n) is 2.36. The fourth-order valence-electron chi connectivity index (χ4n) is 1.47. The molecule has 0 fully saturated rings. The van der Waals surface area contributed by atoms with Crippen molar-refractivity contribution < 1.29 is 0 Å². The molecule has 2 nitrogen and oxygen atoms in total. The molecular weight excluding hydrogens is 357 g/mol. The van der Waals surface area contributed by atoms with E-state index < -0.39 is 0 Å². The van der Waals surface area contributed by atoms with Crippen LogP contribution >= 0.6 is 58.4 Å². The molecule has 0 amide bonds. The number of nitrogens with zero attached hydrogens (tertiary/aromatic N) is 2. The molecule has 7 heteroatoms. The van der Waals surface area contributed by atoms with Gasteiger partial charge in [0.1, 0.15) is 17.7 Å². The van der Waals surface area contributed by atoms with Gasteiger partial charge in [-0.15, -0.1) is 34.9 Å². The molecule has 0 unspecified atom stereocenters. The number of hydrogen-bond acceptors (Lipinski definition) is 7. The van der Waals surface area contributed by atoms with Crippen LogP contribution in [0.1, 0.15) is 9.75 Å². The lowest BCUT2D eigenvalue weighted by molar-refractivity contribution is 1.47. The standard InChI is InChI=1S/C14H10N2S5/c1-17-13-14(18-2)21-12(20-13)6-11-4-3-10(19-11)5-9(7-15)8-16/h3-6H,1-2H3. The van der Waals surface area contributed by atoms with Crippen LogP contribution in [-0.2, 0) is 0 Å². The average Bonchev–Trinajstić information content (AvgIpc) is 3.11. The van der Waals surface area contributed by atoms with E-state index in [4.69, 9.17) is 10.5 Å². The summed E-state index contributed by atoms with van der Waals surface area (Å²) in [4.78, 5) is 2.06. The summed E-state index contributed by atoms with van der Waals surface area (Å²) in [5.74, 6) is 0.